The fraction of sp³-hybridized carbons (Fsp3) is 0.300. The molecule has 0 saturated carbocycles. The number of benzene rings is 1. The van der Waals surface area contributed by atoms with Crippen molar-refractivity contribution in [3.8, 4) is 0 Å². The first-order valence-corrected chi connectivity index (χ1v) is 10.1. The molecule has 1 aliphatic rings. The monoisotopic (exact) mass is 428 g/mol. The third-order valence-corrected chi connectivity index (χ3v) is 5.21. The summed E-state index contributed by atoms with van der Waals surface area (Å²) in [4.78, 5) is 24.0. The van der Waals surface area contributed by atoms with E-state index in [1.807, 2.05) is 25.1 Å². The van der Waals surface area contributed by atoms with Crippen molar-refractivity contribution in [1.82, 2.24) is 25.1 Å². The van der Waals surface area contributed by atoms with Gasteiger partial charge in [0.25, 0.3) is 5.91 Å². The Balaban J connectivity index is 0.00000272. The number of nitrogens with one attached hydrogen (secondary N) is 3. The van der Waals surface area contributed by atoms with Crippen LogP contribution in [0.3, 0.4) is 0 Å². The van der Waals surface area contributed by atoms with Crippen molar-refractivity contribution in [2.24, 2.45) is 5.73 Å². The summed E-state index contributed by atoms with van der Waals surface area (Å²) >= 11 is 5.98. The van der Waals surface area contributed by atoms with Crippen LogP contribution < -0.4 is 16.4 Å². The lowest BCUT2D eigenvalue weighted by molar-refractivity contribution is 0.0736. The number of hydrogen-bond donors (Lipinski definition) is 4. The molecule has 5 N–H and O–H groups in total. The van der Waals surface area contributed by atoms with Crippen LogP contribution in [-0.2, 0) is 0 Å². The Kier molecular flexibility index (Phi) is 5.82. The van der Waals surface area contributed by atoms with Crippen molar-refractivity contribution in [3.05, 3.63) is 52.9 Å². The number of carbonyl (C=O) groups is 1. The zero-order chi connectivity index (χ0) is 21.1. The number of carbonyl (C=O) groups excluding carboxylic acids is 1. The van der Waals surface area contributed by atoms with Crippen LogP contribution in [0.25, 0.3) is 0 Å². The zero-order valence-electron chi connectivity index (χ0n) is 16.5. The molecule has 4 rings (SSSR count). The minimum absolute atomic E-state index is 0. The molecule has 1 aliphatic heterocycles. The molecule has 3 aromatic rings. The minimum atomic E-state index is -0.186. The Morgan fingerprint density at radius 1 is 1.33 bits per heavy atom. The van der Waals surface area contributed by atoms with Gasteiger partial charge in [0.15, 0.2) is 23.1 Å². The lowest BCUT2D eigenvalue weighted by Crippen LogP contribution is -2.40. The molecule has 0 radical (unpaired) electrons. The predicted octanol–water partition coefficient (Wildman–Crippen LogP) is 3.46. The van der Waals surface area contributed by atoms with Crippen LogP contribution in [-0.4, -0.2) is 50.1 Å². The topological polar surface area (TPSA) is 125 Å². The average Bonchev–Trinajstić information content (AvgIpc) is 3.38. The summed E-state index contributed by atoms with van der Waals surface area (Å²) in [6.07, 6.45) is 3.35. The van der Waals surface area contributed by atoms with E-state index < -0.39 is 0 Å². The molecule has 0 aliphatic carbocycles. The summed E-state index contributed by atoms with van der Waals surface area (Å²) < 4.78 is 0. The molecule has 1 saturated heterocycles. The summed E-state index contributed by atoms with van der Waals surface area (Å²) in [6, 6.07) is 9.02. The van der Waals surface area contributed by atoms with E-state index in [0.717, 1.165) is 24.2 Å². The Bertz CT molecular complexity index is 1040. The number of H-pyrrole nitrogens is 1. The number of anilines is 4. The van der Waals surface area contributed by atoms with Gasteiger partial charge in [-0.3, -0.25) is 9.89 Å². The molecular formula is C20H25ClN8O. The molecule has 0 bridgehead atoms. The van der Waals surface area contributed by atoms with Gasteiger partial charge in [-0.25, -0.2) is 9.97 Å². The molecule has 0 unspecified atom stereocenters. The van der Waals surface area contributed by atoms with E-state index in [4.69, 9.17) is 17.3 Å². The van der Waals surface area contributed by atoms with Crippen LogP contribution in [0.15, 0.2) is 36.5 Å². The number of halogens is 1. The van der Waals surface area contributed by atoms with Gasteiger partial charge in [-0.2, -0.15) is 5.10 Å². The normalized spacial score (nSPS) is 16.0. The molecule has 0 spiro atoms. The number of nitrogens with zero attached hydrogens (tertiary/aromatic N) is 4. The average molecular weight is 429 g/mol. The molecule has 10 heteroatoms. The summed E-state index contributed by atoms with van der Waals surface area (Å²) in [5.41, 5.74) is 7.75. The lowest BCUT2D eigenvalue weighted by atomic mass is 10.2. The Labute approximate surface area is 180 Å². The maximum Gasteiger partial charge on any atom is 0.276 e. The van der Waals surface area contributed by atoms with E-state index in [2.05, 4.69) is 30.8 Å². The highest BCUT2D eigenvalue weighted by molar-refractivity contribution is 6.30. The number of likely N-dealkylation sites (tertiary alicyclic amines) is 1. The molecule has 2 aromatic heterocycles. The first kappa shape index (κ1) is 20.1. The highest BCUT2D eigenvalue weighted by Gasteiger charge is 2.31. The van der Waals surface area contributed by atoms with E-state index in [0.29, 0.717) is 35.6 Å². The van der Waals surface area contributed by atoms with Gasteiger partial charge in [-0.15, -0.1) is 0 Å². The van der Waals surface area contributed by atoms with Gasteiger partial charge >= 0.3 is 0 Å². The van der Waals surface area contributed by atoms with Crippen LogP contribution in [0, 0.1) is 6.92 Å². The highest BCUT2D eigenvalue weighted by Crippen LogP contribution is 2.26. The van der Waals surface area contributed by atoms with Crippen molar-refractivity contribution in [2.45, 2.75) is 25.8 Å². The quantitative estimate of drug-likeness (QED) is 0.473. The summed E-state index contributed by atoms with van der Waals surface area (Å²) in [6.45, 7) is 3.00. The first-order valence-electron chi connectivity index (χ1n) is 9.73. The molecule has 1 amide bonds. The van der Waals surface area contributed by atoms with Crippen LogP contribution in [0.1, 0.15) is 30.5 Å². The van der Waals surface area contributed by atoms with E-state index >= 15 is 0 Å². The zero-order valence-corrected chi connectivity index (χ0v) is 17.3. The number of hydrogen-bond acceptors (Lipinski definition) is 7. The Hall–Kier alpha value is -3.17. The van der Waals surface area contributed by atoms with Crippen LogP contribution in [0.2, 0.25) is 5.02 Å². The number of aromatic amines is 1. The SMILES string of the molecule is Cc1cc(Nc2cnc(C(=O)N3CCC[C@H]3CN)c(Nc3ccc(Cl)cc3)n2)n[nH]1.[HH]. The first-order chi connectivity index (χ1) is 14.5. The molecule has 3 heterocycles. The third-order valence-electron chi connectivity index (χ3n) is 4.95. The molecule has 1 atom stereocenters. The molecule has 30 heavy (non-hydrogen) atoms. The maximum atomic E-state index is 13.2. The van der Waals surface area contributed by atoms with Crippen LogP contribution in [0.5, 0.6) is 0 Å². The van der Waals surface area contributed by atoms with Crippen molar-refractivity contribution in [3.63, 3.8) is 0 Å². The molecule has 1 aromatic carbocycles. The van der Waals surface area contributed by atoms with Crippen molar-refractivity contribution in [2.75, 3.05) is 23.7 Å². The van der Waals surface area contributed by atoms with E-state index in [1.165, 1.54) is 6.20 Å². The number of amides is 1. The van der Waals surface area contributed by atoms with Gasteiger partial charge in [-0.05, 0) is 44.0 Å². The number of aryl methyl sites for hydroxylation is 1. The fourth-order valence-corrected chi connectivity index (χ4v) is 3.59. The van der Waals surface area contributed by atoms with Gasteiger partial charge < -0.3 is 21.3 Å². The lowest BCUT2D eigenvalue weighted by Gasteiger charge is -2.24. The van der Waals surface area contributed by atoms with Crippen LogP contribution >= 0.6 is 11.6 Å². The van der Waals surface area contributed by atoms with Gasteiger partial charge in [0.05, 0.1) is 6.20 Å². The molecular weight excluding hydrogens is 404 g/mol. The number of rotatable bonds is 6. The van der Waals surface area contributed by atoms with Gasteiger partial charge in [0.2, 0.25) is 0 Å². The van der Waals surface area contributed by atoms with Gasteiger partial charge in [-0.1, -0.05) is 11.6 Å². The number of aromatic nitrogens is 4. The van der Waals surface area contributed by atoms with Crippen molar-refractivity contribution >= 4 is 40.6 Å². The summed E-state index contributed by atoms with van der Waals surface area (Å²) in [5, 5.41) is 13.9. The van der Waals surface area contributed by atoms with Crippen LogP contribution in [0.4, 0.5) is 23.1 Å². The highest BCUT2D eigenvalue weighted by atomic mass is 35.5. The smallest absolute Gasteiger partial charge is 0.276 e. The third kappa shape index (κ3) is 4.37. The van der Waals surface area contributed by atoms with Gasteiger partial charge in [0, 0.05) is 43.0 Å². The standard InChI is InChI=1S/C20H23ClN8O.H2/c1-12-9-16(28-27-12)25-17-11-23-18(20(30)29-8-2-3-15(29)10-22)19(26-17)24-14-6-4-13(21)5-7-14;/h4-7,9,11,15H,2-3,8,10,22H2,1H3,(H3,24,25,26,27,28);1H/t15-;/m0./s1. The van der Waals surface area contributed by atoms with E-state index in [1.54, 1.807) is 17.0 Å². The number of nitrogens with two attached hydrogens (primary N) is 1. The Morgan fingerprint density at radius 2 is 2.13 bits per heavy atom. The maximum absolute atomic E-state index is 13.2. The largest absolute Gasteiger partial charge is 0.338 e. The van der Waals surface area contributed by atoms with Gasteiger partial charge in [0.1, 0.15) is 0 Å². The molecule has 9 nitrogen and oxygen atoms in total. The molecule has 1 fully saturated rings. The van der Waals surface area contributed by atoms with E-state index in [-0.39, 0.29) is 19.1 Å². The summed E-state index contributed by atoms with van der Waals surface area (Å²) in [5.74, 6) is 1.24. The fourth-order valence-electron chi connectivity index (χ4n) is 3.46. The second-order valence-electron chi connectivity index (χ2n) is 7.18. The summed E-state index contributed by atoms with van der Waals surface area (Å²) in [7, 11) is 0. The minimum Gasteiger partial charge on any atom is -0.338 e. The van der Waals surface area contributed by atoms with Crippen molar-refractivity contribution in [1.29, 1.82) is 0 Å². The van der Waals surface area contributed by atoms with E-state index in [9.17, 15) is 4.79 Å². The second kappa shape index (κ2) is 8.68. The predicted molar refractivity (Wildman–Crippen MR) is 119 cm³/mol. The molecule has 158 valence electrons. The Morgan fingerprint density at radius 3 is 2.83 bits per heavy atom. The second-order valence-corrected chi connectivity index (χ2v) is 7.61. The van der Waals surface area contributed by atoms with Crippen molar-refractivity contribution < 1.29 is 6.22 Å².